The van der Waals surface area contributed by atoms with Crippen molar-refractivity contribution in [3.63, 3.8) is 0 Å². The Balaban J connectivity index is 1.93. The van der Waals surface area contributed by atoms with Gasteiger partial charge in [0.1, 0.15) is 24.4 Å². The first-order chi connectivity index (χ1) is 17.4. The highest BCUT2D eigenvalue weighted by Gasteiger charge is 2.46. The van der Waals surface area contributed by atoms with E-state index in [1.807, 2.05) is 0 Å². The molecule has 1 aliphatic heterocycles. The number of phenols is 1. The van der Waals surface area contributed by atoms with Crippen LogP contribution in [0.2, 0.25) is 0 Å². The Bertz CT molecular complexity index is 820. The third kappa shape index (κ3) is 8.59. The summed E-state index contributed by atoms with van der Waals surface area (Å²) in [5.41, 5.74) is 0.226. The molecular weight excluding hydrogens is 474 g/mol. The van der Waals surface area contributed by atoms with Crippen molar-refractivity contribution >= 4 is 11.9 Å². The van der Waals surface area contributed by atoms with E-state index in [1.165, 1.54) is 39.5 Å². The van der Waals surface area contributed by atoms with Gasteiger partial charge >= 0.3 is 5.97 Å². The Kier molecular flexibility index (Phi) is 12.9. The topological polar surface area (TPSA) is 153 Å². The van der Waals surface area contributed by atoms with Crippen molar-refractivity contribution in [2.45, 2.75) is 75.6 Å². The number of hydrogen-bond donors (Lipinski definition) is 4. The Hall–Kier alpha value is -2.44. The average molecular weight is 514 g/mol. The van der Waals surface area contributed by atoms with Gasteiger partial charge in [0, 0.05) is 25.7 Å². The molecule has 1 fully saturated rings. The predicted molar refractivity (Wildman–Crippen MR) is 129 cm³/mol. The molecule has 2 rings (SSSR count). The summed E-state index contributed by atoms with van der Waals surface area (Å²) in [4.78, 5) is 24.1. The molecule has 5 atom stereocenters. The van der Waals surface area contributed by atoms with Crippen LogP contribution in [0.5, 0.6) is 11.5 Å². The van der Waals surface area contributed by atoms with Gasteiger partial charge in [-0.1, -0.05) is 25.7 Å². The number of ether oxygens (including phenoxy) is 5. The molecule has 4 N–H and O–H groups in total. The smallest absolute Gasteiger partial charge is 0.305 e. The monoisotopic (exact) mass is 513 g/mol. The molecule has 0 radical (unpaired) electrons. The number of aliphatic hydroxyl groups excluding tert-OH is 2. The highest BCUT2D eigenvalue weighted by atomic mass is 16.7. The Morgan fingerprint density at radius 2 is 1.75 bits per heavy atom. The number of esters is 1. The molecule has 204 valence electrons. The first-order valence-electron chi connectivity index (χ1n) is 12.2. The normalized spacial score (nSPS) is 23.8. The Morgan fingerprint density at radius 3 is 2.39 bits per heavy atom. The standard InChI is InChI=1S/C25H39NO10/c1-32-18-14-16(11-12-17(18)28)24(31)26-21-23(34-3)22(30)19(15-27)36-25(21)35-13-9-7-5-4-6-8-10-20(29)33-2/h11-12,14,19,21-23,25,27-28,30H,4-10,13,15H2,1-3H3,(H,26,31)/t19?,21?,22-,23?,25-/m1/s1. The summed E-state index contributed by atoms with van der Waals surface area (Å²) in [5.74, 6) is -0.651. The van der Waals surface area contributed by atoms with Gasteiger partial charge in [0.15, 0.2) is 17.8 Å². The van der Waals surface area contributed by atoms with E-state index in [9.17, 15) is 24.9 Å². The number of benzene rings is 1. The number of nitrogens with one attached hydrogen (secondary N) is 1. The molecule has 1 aromatic carbocycles. The van der Waals surface area contributed by atoms with Gasteiger partial charge in [0.2, 0.25) is 0 Å². The van der Waals surface area contributed by atoms with E-state index < -0.39 is 43.2 Å². The lowest BCUT2D eigenvalue weighted by Gasteiger charge is -2.43. The highest BCUT2D eigenvalue weighted by molar-refractivity contribution is 5.95. The van der Waals surface area contributed by atoms with Crippen molar-refractivity contribution in [2.24, 2.45) is 0 Å². The number of unbranched alkanes of at least 4 members (excludes halogenated alkanes) is 5. The van der Waals surface area contributed by atoms with Crippen LogP contribution >= 0.6 is 0 Å². The zero-order valence-electron chi connectivity index (χ0n) is 21.2. The number of methoxy groups -OCH3 is 3. The van der Waals surface area contributed by atoms with E-state index in [1.54, 1.807) is 0 Å². The fourth-order valence-electron chi connectivity index (χ4n) is 4.08. The van der Waals surface area contributed by atoms with Crippen LogP contribution in [0.4, 0.5) is 0 Å². The molecule has 11 nitrogen and oxygen atoms in total. The van der Waals surface area contributed by atoms with Gasteiger partial charge in [0.25, 0.3) is 5.91 Å². The van der Waals surface area contributed by atoms with Crippen LogP contribution in [-0.4, -0.2) is 92.4 Å². The van der Waals surface area contributed by atoms with E-state index in [0.717, 1.165) is 38.5 Å². The van der Waals surface area contributed by atoms with E-state index in [4.69, 9.17) is 18.9 Å². The summed E-state index contributed by atoms with van der Waals surface area (Å²) in [5, 5.41) is 32.8. The summed E-state index contributed by atoms with van der Waals surface area (Å²) in [6.07, 6.45) is 1.85. The molecule has 0 spiro atoms. The minimum Gasteiger partial charge on any atom is -0.504 e. The quantitative estimate of drug-likeness (QED) is 0.200. The molecule has 0 aromatic heterocycles. The highest BCUT2D eigenvalue weighted by Crippen LogP contribution is 2.28. The van der Waals surface area contributed by atoms with E-state index in [0.29, 0.717) is 13.0 Å². The van der Waals surface area contributed by atoms with Crippen LogP contribution in [0.3, 0.4) is 0 Å². The molecule has 1 amide bonds. The number of aliphatic hydroxyl groups is 2. The van der Waals surface area contributed by atoms with Crippen LogP contribution in [-0.2, 0) is 23.7 Å². The maximum atomic E-state index is 12.9. The fraction of sp³-hybridized carbons (Fsp3) is 0.680. The molecular formula is C25H39NO10. The molecule has 3 unspecified atom stereocenters. The molecule has 11 heteroatoms. The number of carbonyl (C=O) groups excluding carboxylic acids is 2. The van der Waals surface area contributed by atoms with Gasteiger partial charge in [-0.15, -0.1) is 0 Å². The van der Waals surface area contributed by atoms with Crippen molar-refractivity contribution < 1.29 is 48.6 Å². The molecule has 1 heterocycles. The van der Waals surface area contributed by atoms with Crippen LogP contribution < -0.4 is 10.1 Å². The second-order valence-corrected chi connectivity index (χ2v) is 8.62. The minimum absolute atomic E-state index is 0.101. The Morgan fingerprint density at radius 1 is 1.06 bits per heavy atom. The van der Waals surface area contributed by atoms with Gasteiger partial charge in [-0.05, 0) is 31.0 Å². The second kappa shape index (κ2) is 15.6. The van der Waals surface area contributed by atoms with Gasteiger partial charge in [-0.2, -0.15) is 0 Å². The van der Waals surface area contributed by atoms with Crippen molar-refractivity contribution in [1.29, 1.82) is 0 Å². The lowest BCUT2D eigenvalue weighted by molar-refractivity contribution is -0.273. The average Bonchev–Trinajstić information content (AvgIpc) is 2.88. The zero-order valence-corrected chi connectivity index (χ0v) is 21.2. The van der Waals surface area contributed by atoms with E-state index in [2.05, 4.69) is 10.1 Å². The maximum Gasteiger partial charge on any atom is 0.305 e. The van der Waals surface area contributed by atoms with Gasteiger partial charge < -0.3 is 44.3 Å². The lowest BCUT2D eigenvalue weighted by atomic mass is 9.96. The van der Waals surface area contributed by atoms with Gasteiger partial charge in [-0.25, -0.2) is 0 Å². The largest absolute Gasteiger partial charge is 0.504 e. The van der Waals surface area contributed by atoms with Crippen LogP contribution in [0.1, 0.15) is 55.3 Å². The number of rotatable bonds is 15. The minimum atomic E-state index is -1.19. The van der Waals surface area contributed by atoms with Crippen molar-refractivity contribution in [3.8, 4) is 11.5 Å². The number of phenolic OH excluding ortho intramolecular Hbond substituents is 1. The second-order valence-electron chi connectivity index (χ2n) is 8.62. The number of hydrogen-bond acceptors (Lipinski definition) is 10. The van der Waals surface area contributed by atoms with Crippen molar-refractivity contribution in [1.82, 2.24) is 5.32 Å². The van der Waals surface area contributed by atoms with Crippen LogP contribution in [0.25, 0.3) is 0 Å². The maximum absolute atomic E-state index is 12.9. The van der Waals surface area contributed by atoms with E-state index in [-0.39, 0.29) is 23.0 Å². The number of amides is 1. The summed E-state index contributed by atoms with van der Waals surface area (Å²) < 4.78 is 26.8. The summed E-state index contributed by atoms with van der Waals surface area (Å²) in [6.45, 7) is -0.0980. The first kappa shape index (κ1) is 29.8. The molecule has 0 saturated carbocycles. The molecule has 1 aromatic rings. The Labute approximate surface area is 211 Å². The first-order valence-corrected chi connectivity index (χ1v) is 12.2. The van der Waals surface area contributed by atoms with Gasteiger partial charge in [0.05, 0.1) is 20.8 Å². The molecule has 36 heavy (non-hydrogen) atoms. The van der Waals surface area contributed by atoms with E-state index >= 15 is 0 Å². The lowest BCUT2D eigenvalue weighted by Crippen LogP contribution is -2.65. The van der Waals surface area contributed by atoms with Crippen LogP contribution in [0.15, 0.2) is 18.2 Å². The third-order valence-corrected chi connectivity index (χ3v) is 6.15. The summed E-state index contributed by atoms with van der Waals surface area (Å²) in [7, 11) is 4.16. The van der Waals surface area contributed by atoms with Gasteiger partial charge in [-0.3, -0.25) is 9.59 Å². The summed E-state index contributed by atoms with van der Waals surface area (Å²) in [6, 6.07) is 3.31. The molecule has 1 saturated heterocycles. The third-order valence-electron chi connectivity index (χ3n) is 6.15. The zero-order chi connectivity index (χ0) is 26.5. The molecule has 0 aliphatic carbocycles. The van der Waals surface area contributed by atoms with Crippen molar-refractivity contribution in [3.05, 3.63) is 23.8 Å². The predicted octanol–water partition coefficient (Wildman–Crippen LogP) is 1.51. The molecule has 1 aliphatic rings. The summed E-state index contributed by atoms with van der Waals surface area (Å²) >= 11 is 0. The number of carbonyl (C=O) groups is 2. The van der Waals surface area contributed by atoms with Crippen LogP contribution in [0, 0.1) is 0 Å². The van der Waals surface area contributed by atoms with Crippen molar-refractivity contribution in [2.75, 3.05) is 34.5 Å². The fourth-order valence-corrected chi connectivity index (χ4v) is 4.08. The SMILES string of the molecule is COC(=O)CCCCCCCCO[C@@H]1OC(CO)[C@@H](O)C(OC)C1NC(=O)c1ccc(O)c(OC)c1. The number of aromatic hydroxyl groups is 1. The molecule has 0 bridgehead atoms.